The number of hydrogen-bond donors (Lipinski definition) is 3. The summed E-state index contributed by atoms with van der Waals surface area (Å²) in [4.78, 5) is 60.4. The van der Waals surface area contributed by atoms with Gasteiger partial charge < -0.3 is 24.8 Å². The molecule has 14 nitrogen and oxygen atoms in total. The predicted octanol–water partition coefficient (Wildman–Crippen LogP) is 3.96. The van der Waals surface area contributed by atoms with Gasteiger partial charge in [0, 0.05) is 36.9 Å². The highest BCUT2D eigenvalue weighted by Gasteiger charge is 2.58. The van der Waals surface area contributed by atoms with Crippen LogP contribution >= 0.6 is 0 Å². The summed E-state index contributed by atoms with van der Waals surface area (Å²) in [6, 6.07) is 2.48. The third kappa shape index (κ3) is 7.21. The number of rotatable bonds is 6. The Labute approximate surface area is 289 Å². The summed E-state index contributed by atoms with van der Waals surface area (Å²) in [6.45, 7) is 3.39. The van der Waals surface area contributed by atoms with Crippen LogP contribution in [0.2, 0.25) is 0 Å². The number of urea groups is 1. The van der Waals surface area contributed by atoms with E-state index in [9.17, 15) is 37.1 Å². The van der Waals surface area contributed by atoms with Crippen molar-refractivity contribution in [2.45, 2.75) is 88.0 Å². The number of methoxy groups -OCH3 is 1. The van der Waals surface area contributed by atoms with Gasteiger partial charge in [0.1, 0.15) is 23.9 Å². The Hall–Kier alpha value is -4.47. The number of fused-ring (bicyclic) bond motifs is 3. The van der Waals surface area contributed by atoms with Crippen molar-refractivity contribution < 1.29 is 46.6 Å². The molecule has 2 saturated carbocycles. The first-order valence-corrected chi connectivity index (χ1v) is 18.3. The Bertz CT molecular complexity index is 1820. The van der Waals surface area contributed by atoms with Crippen molar-refractivity contribution in [3.8, 4) is 11.6 Å². The minimum absolute atomic E-state index is 0.0191. The normalized spacial score (nSPS) is 29.4. The summed E-state index contributed by atoms with van der Waals surface area (Å²) in [5, 5.41) is 12.1. The number of hydrogen-bond acceptors (Lipinski definition) is 9. The summed E-state index contributed by atoms with van der Waals surface area (Å²) in [5.74, 6) is -1.13. The molecular weight excluding hydrogens is 673 g/mol. The third-order valence-electron chi connectivity index (χ3n) is 10.1. The number of amides is 5. The number of ether oxygens (including phenoxy) is 2. The Morgan fingerprint density at radius 2 is 1.92 bits per heavy atom. The maximum absolute atomic E-state index is 14.7. The highest BCUT2D eigenvalue weighted by Crippen LogP contribution is 2.44. The minimum Gasteiger partial charge on any atom is -0.497 e. The average molecular weight is 716 g/mol. The van der Waals surface area contributed by atoms with Gasteiger partial charge in [0.25, 0.3) is 10.0 Å². The largest absolute Gasteiger partial charge is 0.497 e. The van der Waals surface area contributed by atoms with Crippen molar-refractivity contribution in [1.29, 1.82) is 0 Å². The lowest BCUT2D eigenvalue weighted by Gasteiger charge is -2.36. The lowest BCUT2D eigenvalue weighted by atomic mass is 9.87. The second-order valence-corrected chi connectivity index (χ2v) is 15.9. The van der Waals surface area contributed by atoms with Crippen LogP contribution in [0.15, 0.2) is 42.6 Å². The Balaban J connectivity index is 1.35. The lowest BCUT2D eigenvalue weighted by Crippen LogP contribution is -2.61. The average Bonchev–Trinajstić information content (AvgIpc) is 3.96. The fraction of sp³-hybridized carbons (Fsp3) is 0.559. The van der Waals surface area contributed by atoms with E-state index in [-0.39, 0.29) is 54.5 Å². The van der Waals surface area contributed by atoms with Crippen LogP contribution in [0.1, 0.15) is 58.8 Å². The lowest BCUT2D eigenvalue weighted by molar-refractivity contribution is -0.143. The number of sulfonamides is 1. The predicted molar refractivity (Wildman–Crippen MR) is 178 cm³/mol. The zero-order valence-corrected chi connectivity index (χ0v) is 28.9. The van der Waals surface area contributed by atoms with Crippen LogP contribution < -0.4 is 19.5 Å². The standard InChI is InChI=1S/C34H42FN5O9S/c1-19-6-4-5-7-22-16-26(22)37-29(41)27-17-24(49-30-25-9-8-23(48-3)15-21(25)10-13-36-30)18-39(27)31(42)28(20(2)14-19)40(33(44)45)32(43)38-50(46,47)34(35)11-12-34/h5,7-10,13,15,19-20,22,24,26-28H,4,6,11-12,14,16-18H2,1-3H3,(H,37,41)(H,38,43)(H,44,45). The molecule has 0 radical (unpaired) electrons. The van der Waals surface area contributed by atoms with Gasteiger partial charge in [0.05, 0.1) is 13.7 Å². The molecule has 1 aromatic carbocycles. The topological polar surface area (TPSA) is 185 Å². The number of nitrogens with one attached hydrogen (secondary N) is 2. The number of nitrogens with zero attached hydrogens (tertiary/aromatic N) is 3. The summed E-state index contributed by atoms with van der Waals surface area (Å²) in [7, 11) is -3.35. The molecule has 50 heavy (non-hydrogen) atoms. The summed E-state index contributed by atoms with van der Waals surface area (Å²) < 4.78 is 53.1. The van der Waals surface area contributed by atoms with Crippen molar-refractivity contribution in [3.05, 3.63) is 42.6 Å². The molecule has 7 unspecified atom stereocenters. The number of halogens is 1. The fourth-order valence-corrected chi connectivity index (χ4v) is 8.17. The van der Waals surface area contributed by atoms with Crippen LogP contribution in [0.3, 0.4) is 0 Å². The van der Waals surface area contributed by atoms with Gasteiger partial charge in [-0.15, -0.1) is 0 Å². The van der Waals surface area contributed by atoms with Gasteiger partial charge in [0.15, 0.2) is 0 Å². The smallest absolute Gasteiger partial charge is 0.416 e. The van der Waals surface area contributed by atoms with Crippen LogP contribution in [-0.2, 0) is 19.6 Å². The highest BCUT2D eigenvalue weighted by molar-refractivity contribution is 7.91. The molecule has 3 fully saturated rings. The number of aromatic nitrogens is 1. The first kappa shape index (κ1) is 35.4. The Kier molecular flexibility index (Phi) is 9.68. The van der Waals surface area contributed by atoms with Crippen molar-refractivity contribution >= 4 is 44.7 Å². The van der Waals surface area contributed by atoms with E-state index in [1.54, 1.807) is 43.2 Å². The molecule has 3 heterocycles. The number of pyridine rings is 1. The van der Waals surface area contributed by atoms with E-state index >= 15 is 0 Å². The Morgan fingerprint density at radius 1 is 1.16 bits per heavy atom. The number of allylic oxidation sites excluding steroid dienone is 1. The molecule has 1 saturated heterocycles. The van der Waals surface area contributed by atoms with Crippen molar-refractivity contribution in [3.63, 3.8) is 0 Å². The van der Waals surface area contributed by atoms with Crippen LogP contribution in [0.5, 0.6) is 11.6 Å². The SMILES string of the molecule is COc1ccc2c(OC3CC4C(=O)NC5CC5C=CCCC(C)CC(C)C(N(C(=O)O)C(=O)NS(=O)(=O)C5(F)CC5)C(=O)N4C3)nccc2c1. The van der Waals surface area contributed by atoms with Gasteiger partial charge in [-0.3, -0.25) is 9.59 Å². The number of benzene rings is 1. The summed E-state index contributed by atoms with van der Waals surface area (Å²) in [5.41, 5.74) is 0. The van der Waals surface area contributed by atoms with Gasteiger partial charge in [0.2, 0.25) is 22.7 Å². The summed E-state index contributed by atoms with van der Waals surface area (Å²) in [6.07, 6.45) is 4.81. The molecule has 2 aromatic rings. The van der Waals surface area contributed by atoms with Gasteiger partial charge >= 0.3 is 12.1 Å². The third-order valence-corrected chi connectivity index (χ3v) is 11.9. The number of imide groups is 1. The van der Waals surface area contributed by atoms with E-state index in [4.69, 9.17) is 9.47 Å². The van der Waals surface area contributed by atoms with Crippen LogP contribution in [-0.4, -0.2) is 95.1 Å². The van der Waals surface area contributed by atoms with E-state index < -0.39 is 63.1 Å². The van der Waals surface area contributed by atoms with Crippen LogP contribution in [0.4, 0.5) is 14.0 Å². The molecule has 2 aliphatic carbocycles. The first-order valence-electron chi connectivity index (χ1n) is 16.9. The van der Waals surface area contributed by atoms with Crippen molar-refractivity contribution in [1.82, 2.24) is 24.8 Å². The van der Waals surface area contributed by atoms with Crippen molar-refractivity contribution in [2.75, 3.05) is 13.7 Å². The molecule has 2 aliphatic heterocycles. The monoisotopic (exact) mass is 715 g/mol. The Morgan fingerprint density at radius 3 is 2.62 bits per heavy atom. The van der Waals surface area contributed by atoms with Gasteiger partial charge in [-0.1, -0.05) is 26.0 Å². The van der Waals surface area contributed by atoms with E-state index in [0.717, 1.165) is 11.8 Å². The molecule has 3 N–H and O–H groups in total. The maximum Gasteiger partial charge on any atom is 0.416 e. The fourth-order valence-electron chi connectivity index (χ4n) is 7.02. The molecule has 7 atom stereocenters. The number of alkyl halides is 1. The first-order chi connectivity index (χ1) is 23.7. The van der Waals surface area contributed by atoms with Gasteiger partial charge in [-0.25, -0.2) is 37.0 Å². The van der Waals surface area contributed by atoms with E-state index in [2.05, 4.69) is 16.4 Å². The van der Waals surface area contributed by atoms with Gasteiger partial charge in [-0.05, 0) is 73.1 Å². The number of carbonyl (C=O) groups is 4. The molecule has 0 bridgehead atoms. The number of carbonyl (C=O) groups excluding carboxylic acids is 3. The van der Waals surface area contributed by atoms with Crippen LogP contribution in [0, 0.1) is 17.8 Å². The van der Waals surface area contributed by atoms with Crippen molar-refractivity contribution in [2.24, 2.45) is 17.8 Å². The molecule has 6 rings (SSSR count). The molecular formula is C34H42FN5O9S. The zero-order valence-electron chi connectivity index (χ0n) is 28.1. The second-order valence-electron chi connectivity index (χ2n) is 13.9. The molecule has 4 aliphatic rings. The number of carboxylic acid groups (broad SMARTS) is 1. The summed E-state index contributed by atoms with van der Waals surface area (Å²) >= 11 is 0. The van der Waals surface area contributed by atoms with E-state index in [0.29, 0.717) is 30.4 Å². The van der Waals surface area contributed by atoms with Crippen LogP contribution in [0.25, 0.3) is 10.8 Å². The minimum atomic E-state index is -4.90. The molecule has 5 amide bonds. The van der Waals surface area contributed by atoms with E-state index in [1.165, 1.54) is 4.90 Å². The molecule has 0 spiro atoms. The van der Waals surface area contributed by atoms with E-state index in [1.807, 2.05) is 19.1 Å². The quantitative estimate of drug-likeness (QED) is 0.370. The second kappa shape index (κ2) is 13.7. The zero-order chi connectivity index (χ0) is 36.0. The highest BCUT2D eigenvalue weighted by atomic mass is 32.2. The van der Waals surface area contributed by atoms with Gasteiger partial charge in [-0.2, -0.15) is 0 Å². The molecule has 270 valence electrons. The molecule has 1 aromatic heterocycles. The maximum atomic E-state index is 14.7. The molecule has 16 heteroatoms.